The predicted molar refractivity (Wildman–Crippen MR) is 30.6 cm³/mol. The minimum Gasteiger partial charge on any atom is -0.344 e. The van der Waals surface area contributed by atoms with Crippen LogP contribution in [-0.2, 0) is 0 Å². The summed E-state index contributed by atoms with van der Waals surface area (Å²) in [5.74, 6) is 0. The Morgan fingerprint density at radius 1 is 1.17 bits per heavy atom. The van der Waals surface area contributed by atoms with Crippen molar-refractivity contribution in [2.24, 2.45) is 0 Å². The standard InChI is InChI=1S/C4H9Cl.H3N/c1-4(2,3)5;/h1-3H3;1H3. The van der Waals surface area contributed by atoms with Crippen LogP contribution in [0.2, 0.25) is 0 Å². The number of rotatable bonds is 0. The van der Waals surface area contributed by atoms with E-state index in [0.717, 1.165) is 0 Å². The lowest BCUT2D eigenvalue weighted by atomic mass is 10.3. The van der Waals surface area contributed by atoms with Gasteiger partial charge in [-0.05, 0) is 20.8 Å². The summed E-state index contributed by atoms with van der Waals surface area (Å²) in [5, 5.41) is 0. The molecule has 0 aromatic carbocycles. The third-order valence-electron chi connectivity index (χ3n) is 0. The lowest BCUT2D eigenvalue weighted by Crippen LogP contribution is -1.99. The fourth-order valence-corrected chi connectivity index (χ4v) is 0. The van der Waals surface area contributed by atoms with Crippen LogP contribution < -0.4 is 6.15 Å². The summed E-state index contributed by atoms with van der Waals surface area (Å²) in [5.41, 5.74) is 0. The second-order valence-electron chi connectivity index (χ2n) is 2.07. The molecule has 0 rings (SSSR count). The molecular formula is C4H12ClN. The van der Waals surface area contributed by atoms with Crippen LogP contribution in [0.4, 0.5) is 0 Å². The molecule has 2 heteroatoms. The van der Waals surface area contributed by atoms with Gasteiger partial charge < -0.3 is 6.15 Å². The molecule has 0 aliphatic carbocycles. The topological polar surface area (TPSA) is 35.0 Å². The lowest BCUT2D eigenvalue weighted by molar-refractivity contribution is 0.788. The Bertz CT molecular complexity index is 23.0. The summed E-state index contributed by atoms with van der Waals surface area (Å²) >= 11 is 5.53. The van der Waals surface area contributed by atoms with Gasteiger partial charge in [0.25, 0.3) is 0 Å². The molecule has 0 amide bonds. The van der Waals surface area contributed by atoms with E-state index < -0.39 is 0 Å². The Morgan fingerprint density at radius 3 is 1.17 bits per heavy atom. The summed E-state index contributed by atoms with van der Waals surface area (Å²) < 4.78 is 0. The molecule has 0 unspecified atom stereocenters. The van der Waals surface area contributed by atoms with E-state index in [0.29, 0.717) is 0 Å². The fourth-order valence-electron chi connectivity index (χ4n) is 0. The molecule has 0 aliphatic rings. The van der Waals surface area contributed by atoms with Gasteiger partial charge in [-0.1, -0.05) is 0 Å². The van der Waals surface area contributed by atoms with Gasteiger partial charge in [0.05, 0.1) is 0 Å². The average Bonchev–Trinajstić information content (AvgIpc) is 0.722. The molecule has 3 N–H and O–H groups in total. The maximum absolute atomic E-state index is 5.53. The minimum atomic E-state index is -0.0278. The zero-order valence-electron chi connectivity index (χ0n) is 4.59. The van der Waals surface area contributed by atoms with Gasteiger partial charge in [0.2, 0.25) is 0 Å². The van der Waals surface area contributed by atoms with Crippen molar-refractivity contribution >= 4 is 11.6 Å². The van der Waals surface area contributed by atoms with Crippen molar-refractivity contribution in [1.29, 1.82) is 0 Å². The molecule has 0 atom stereocenters. The van der Waals surface area contributed by atoms with E-state index in [2.05, 4.69) is 0 Å². The van der Waals surface area contributed by atoms with E-state index >= 15 is 0 Å². The van der Waals surface area contributed by atoms with Crippen molar-refractivity contribution in [1.82, 2.24) is 6.15 Å². The van der Waals surface area contributed by atoms with Crippen LogP contribution in [0.25, 0.3) is 0 Å². The van der Waals surface area contributed by atoms with Crippen LogP contribution in [0.15, 0.2) is 0 Å². The van der Waals surface area contributed by atoms with Crippen LogP contribution in [0, 0.1) is 0 Å². The number of alkyl halides is 1. The summed E-state index contributed by atoms with van der Waals surface area (Å²) in [6.45, 7) is 5.86. The SMILES string of the molecule is CC(C)(C)Cl.N. The smallest absolute Gasteiger partial charge is 0.0362 e. The van der Waals surface area contributed by atoms with Crippen molar-refractivity contribution in [3.05, 3.63) is 0 Å². The Hall–Kier alpha value is 0.250. The van der Waals surface area contributed by atoms with Gasteiger partial charge in [0.1, 0.15) is 0 Å². The first kappa shape index (κ1) is 9.54. The molecule has 0 aliphatic heterocycles. The number of hydrogen-bond acceptors (Lipinski definition) is 1. The van der Waals surface area contributed by atoms with Crippen LogP contribution >= 0.6 is 11.6 Å². The first-order valence-electron chi connectivity index (χ1n) is 1.69. The molecule has 1 nitrogen and oxygen atoms in total. The number of halogens is 1. The van der Waals surface area contributed by atoms with Crippen LogP contribution in [-0.4, -0.2) is 4.87 Å². The van der Waals surface area contributed by atoms with Gasteiger partial charge in [-0.2, -0.15) is 0 Å². The van der Waals surface area contributed by atoms with Crippen molar-refractivity contribution in [2.45, 2.75) is 25.6 Å². The summed E-state index contributed by atoms with van der Waals surface area (Å²) in [6, 6.07) is 0. The summed E-state index contributed by atoms with van der Waals surface area (Å²) in [4.78, 5) is -0.0278. The molecule has 0 heterocycles. The highest BCUT2D eigenvalue weighted by atomic mass is 35.5. The highest BCUT2D eigenvalue weighted by Crippen LogP contribution is 2.07. The molecular weight excluding hydrogens is 97.5 g/mol. The second-order valence-corrected chi connectivity index (χ2v) is 3.20. The fraction of sp³-hybridized carbons (Fsp3) is 1.00. The quantitative estimate of drug-likeness (QED) is 0.476. The average molecular weight is 110 g/mol. The van der Waals surface area contributed by atoms with Crippen LogP contribution in [0.3, 0.4) is 0 Å². The molecule has 40 valence electrons. The zero-order chi connectivity index (χ0) is 4.50. The molecule has 0 fully saturated rings. The van der Waals surface area contributed by atoms with Gasteiger partial charge in [0.15, 0.2) is 0 Å². The minimum absolute atomic E-state index is 0. The first-order valence-corrected chi connectivity index (χ1v) is 2.07. The van der Waals surface area contributed by atoms with Gasteiger partial charge >= 0.3 is 0 Å². The Kier molecular flexibility index (Phi) is 3.86. The Balaban J connectivity index is 0. The van der Waals surface area contributed by atoms with E-state index in [-0.39, 0.29) is 11.0 Å². The van der Waals surface area contributed by atoms with Gasteiger partial charge in [-0.15, -0.1) is 11.6 Å². The number of hydrogen-bond donors (Lipinski definition) is 1. The molecule has 0 spiro atoms. The molecule has 0 aromatic rings. The molecule has 0 saturated carbocycles. The first-order chi connectivity index (χ1) is 2.00. The van der Waals surface area contributed by atoms with Gasteiger partial charge in [0, 0.05) is 4.87 Å². The third-order valence-corrected chi connectivity index (χ3v) is 0. The Morgan fingerprint density at radius 2 is 1.17 bits per heavy atom. The van der Waals surface area contributed by atoms with E-state index in [9.17, 15) is 0 Å². The highest BCUT2D eigenvalue weighted by Gasteiger charge is 1.99. The molecule has 6 heavy (non-hydrogen) atoms. The highest BCUT2D eigenvalue weighted by molar-refractivity contribution is 6.23. The maximum Gasteiger partial charge on any atom is 0.0362 e. The Labute approximate surface area is 44.3 Å². The van der Waals surface area contributed by atoms with Gasteiger partial charge in [-0.25, -0.2) is 0 Å². The van der Waals surface area contributed by atoms with E-state index in [1.54, 1.807) is 0 Å². The van der Waals surface area contributed by atoms with Crippen molar-refractivity contribution < 1.29 is 0 Å². The van der Waals surface area contributed by atoms with E-state index in [1.165, 1.54) is 0 Å². The zero-order valence-corrected chi connectivity index (χ0v) is 5.34. The monoisotopic (exact) mass is 109 g/mol. The molecule has 0 bridgehead atoms. The summed E-state index contributed by atoms with van der Waals surface area (Å²) in [6.07, 6.45) is 0. The van der Waals surface area contributed by atoms with Crippen molar-refractivity contribution in [3.63, 3.8) is 0 Å². The van der Waals surface area contributed by atoms with Gasteiger partial charge in [-0.3, -0.25) is 0 Å². The lowest BCUT2D eigenvalue weighted by Gasteiger charge is -2.01. The molecule has 0 aromatic heterocycles. The third kappa shape index (κ3) is 718. The van der Waals surface area contributed by atoms with E-state index in [4.69, 9.17) is 11.6 Å². The second kappa shape index (κ2) is 2.43. The maximum atomic E-state index is 5.53. The van der Waals surface area contributed by atoms with Crippen molar-refractivity contribution in [3.8, 4) is 0 Å². The van der Waals surface area contributed by atoms with Crippen molar-refractivity contribution in [2.75, 3.05) is 0 Å². The molecule has 0 radical (unpaired) electrons. The van der Waals surface area contributed by atoms with E-state index in [1.807, 2.05) is 20.8 Å². The summed E-state index contributed by atoms with van der Waals surface area (Å²) in [7, 11) is 0. The normalized spacial score (nSPS) is 10.0. The largest absolute Gasteiger partial charge is 0.344 e. The predicted octanol–water partition coefficient (Wildman–Crippen LogP) is 2.19. The van der Waals surface area contributed by atoms with Crippen LogP contribution in [0.1, 0.15) is 20.8 Å². The molecule has 0 saturated heterocycles. The van der Waals surface area contributed by atoms with Crippen LogP contribution in [0.5, 0.6) is 0 Å².